The lowest BCUT2D eigenvalue weighted by Crippen LogP contribution is -2.20. The molecule has 2 heterocycles. The summed E-state index contributed by atoms with van der Waals surface area (Å²) in [5.74, 6) is 1.90. The summed E-state index contributed by atoms with van der Waals surface area (Å²) >= 11 is 0. The predicted octanol–water partition coefficient (Wildman–Crippen LogP) is 3.92. The zero-order valence-corrected chi connectivity index (χ0v) is 11.9. The Balaban J connectivity index is 1.74. The van der Waals surface area contributed by atoms with E-state index >= 15 is 0 Å². The van der Waals surface area contributed by atoms with Gasteiger partial charge in [-0.15, -0.1) is 0 Å². The molecule has 21 heavy (non-hydrogen) atoms. The Morgan fingerprint density at radius 1 is 1.14 bits per heavy atom. The zero-order valence-electron chi connectivity index (χ0n) is 11.9. The normalized spacial score (nSPS) is 18.5. The molecule has 2 unspecified atom stereocenters. The van der Waals surface area contributed by atoms with Crippen LogP contribution < -0.4 is 10.5 Å². The summed E-state index contributed by atoms with van der Waals surface area (Å²) in [5, 5.41) is 1.10. The van der Waals surface area contributed by atoms with E-state index in [2.05, 4.69) is 25.1 Å². The fourth-order valence-electron chi connectivity index (χ4n) is 3.08. The van der Waals surface area contributed by atoms with Crippen LogP contribution in [0.1, 0.15) is 28.8 Å². The molecule has 3 heteroatoms. The molecule has 2 aromatic carbocycles. The first-order chi connectivity index (χ1) is 10.2. The lowest BCUT2D eigenvalue weighted by Gasteiger charge is -2.15. The first kappa shape index (κ1) is 12.5. The minimum Gasteiger partial charge on any atom is -0.493 e. The van der Waals surface area contributed by atoms with Crippen molar-refractivity contribution in [3.63, 3.8) is 0 Å². The molecule has 0 amide bonds. The molecule has 0 aliphatic carbocycles. The van der Waals surface area contributed by atoms with Crippen LogP contribution in [0.5, 0.6) is 5.75 Å². The van der Waals surface area contributed by atoms with Gasteiger partial charge in [0.1, 0.15) is 17.1 Å². The van der Waals surface area contributed by atoms with Crippen LogP contribution in [0.2, 0.25) is 0 Å². The van der Waals surface area contributed by atoms with Crippen molar-refractivity contribution in [2.75, 3.05) is 6.61 Å². The van der Waals surface area contributed by atoms with Gasteiger partial charge < -0.3 is 14.9 Å². The molecule has 1 aliphatic heterocycles. The van der Waals surface area contributed by atoms with Crippen LogP contribution in [0.15, 0.2) is 52.9 Å². The van der Waals surface area contributed by atoms with Gasteiger partial charge in [0.2, 0.25) is 0 Å². The van der Waals surface area contributed by atoms with Gasteiger partial charge in [0.05, 0.1) is 12.6 Å². The molecule has 0 saturated carbocycles. The second-order valence-electron chi connectivity index (χ2n) is 5.62. The van der Waals surface area contributed by atoms with Crippen LogP contribution in [0.25, 0.3) is 11.0 Å². The number of benzene rings is 2. The van der Waals surface area contributed by atoms with Gasteiger partial charge in [-0.1, -0.05) is 36.4 Å². The van der Waals surface area contributed by atoms with Gasteiger partial charge >= 0.3 is 0 Å². The molecule has 0 saturated heterocycles. The number of hydrogen-bond acceptors (Lipinski definition) is 3. The van der Waals surface area contributed by atoms with Crippen LogP contribution in [-0.2, 0) is 0 Å². The van der Waals surface area contributed by atoms with Crippen molar-refractivity contribution in [3.05, 3.63) is 65.4 Å². The largest absolute Gasteiger partial charge is 0.493 e. The lowest BCUT2D eigenvalue weighted by molar-refractivity contribution is 0.305. The Kier molecular flexibility index (Phi) is 2.76. The van der Waals surface area contributed by atoms with Crippen LogP contribution in [-0.4, -0.2) is 6.61 Å². The molecule has 3 nitrogen and oxygen atoms in total. The van der Waals surface area contributed by atoms with Gasteiger partial charge in [0.25, 0.3) is 0 Å². The molecule has 1 aliphatic rings. The number of hydrogen-bond donors (Lipinski definition) is 1. The first-order valence-electron chi connectivity index (χ1n) is 7.20. The zero-order chi connectivity index (χ0) is 14.4. The number of fused-ring (bicyclic) bond motifs is 2. The highest BCUT2D eigenvalue weighted by molar-refractivity contribution is 5.81. The third-order valence-corrected chi connectivity index (χ3v) is 4.26. The van der Waals surface area contributed by atoms with E-state index in [1.54, 1.807) is 0 Å². The SMILES string of the molecule is Cc1cccc2cc(C(N)C3COc4ccccc43)oc12. The van der Waals surface area contributed by atoms with E-state index in [-0.39, 0.29) is 12.0 Å². The summed E-state index contributed by atoms with van der Waals surface area (Å²) < 4.78 is 11.7. The molecular weight excluding hydrogens is 262 g/mol. The van der Waals surface area contributed by atoms with Crippen molar-refractivity contribution in [2.24, 2.45) is 5.73 Å². The third kappa shape index (κ3) is 1.93. The number of nitrogens with two attached hydrogens (primary N) is 1. The molecule has 0 radical (unpaired) electrons. The molecule has 0 spiro atoms. The molecule has 3 aromatic rings. The van der Waals surface area contributed by atoms with Crippen molar-refractivity contribution >= 4 is 11.0 Å². The summed E-state index contributed by atoms with van der Waals surface area (Å²) in [6.07, 6.45) is 0. The van der Waals surface area contributed by atoms with Crippen LogP contribution >= 0.6 is 0 Å². The smallest absolute Gasteiger partial charge is 0.137 e. The topological polar surface area (TPSA) is 48.4 Å². The summed E-state index contributed by atoms with van der Waals surface area (Å²) in [6.45, 7) is 2.66. The fraction of sp³-hybridized carbons (Fsp3) is 0.222. The Labute approximate surface area is 123 Å². The van der Waals surface area contributed by atoms with E-state index in [4.69, 9.17) is 14.9 Å². The highest BCUT2D eigenvalue weighted by Gasteiger charge is 2.31. The number of aryl methyl sites for hydroxylation is 1. The van der Waals surface area contributed by atoms with E-state index in [1.807, 2.05) is 30.3 Å². The first-order valence-corrected chi connectivity index (χ1v) is 7.20. The second-order valence-corrected chi connectivity index (χ2v) is 5.62. The summed E-state index contributed by atoms with van der Waals surface area (Å²) in [5.41, 5.74) is 9.68. The molecule has 0 bridgehead atoms. The van der Waals surface area contributed by atoms with Gasteiger partial charge in [-0.3, -0.25) is 0 Å². The van der Waals surface area contributed by atoms with Crippen molar-refractivity contribution in [2.45, 2.75) is 18.9 Å². The van der Waals surface area contributed by atoms with Crippen molar-refractivity contribution < 1.29 is 9.15 Å². The van der Waals surface area contributed by atoms with Gasteiger partial charge in [-0.2, -0.15) is 0 Å². The van der Waals surface area contributed by atoms with Gasteiger partial charge in [0.15, 0.2) is 0 Å². The summed E-state index contributed by atoms with van der Waals surface area (Å²) in [4.78, 5) is 0. The fourth-order valence-corrected chi connectivity index (χ4v) is 3.08. The molecular formula is C18H17NO2. The monoisotopic (exact) mass is 279 g/mol. The van der Waals surface area contributed by atoms with Crippen molar-refractivity contribution in [3.8, 4) is 5.75 Å². The second kappa shape index (κ2) is 4.64. The van der Waals surface area contributed by atoms with Crippen molar-refractivity contribution in [1.82, 2.24) is 0 Å². The number of para-hydroxylation sites is 2. The predicted molar refractivity (Wildman–Crippen MR) is 82.6 cm³/mol. The minimum absolute atomic E-state index is 0.141. The molecule has 2 atom stereocenters. The van der Waals surface area contributed by atoms with E-state index in [0.717, 1.165) is 28.0 Å². The number of furan rings is 1. The van der Waals surface area contributed by atoms with Gasteiger partial charge in [0, 0.05) is 16.9 Å². The molecule has 106 valence electrons. The highest BCUT2D eigenvalue weighted by atomic mass is 16.5. The number of ether oxygens (including phenoxy) is 1. The maximum atomic E-state index is 6.46. The van der Waals surface area contributed by atoms with Crippen LogP contribution in [0.4, 0.5) is 0 Å². The van der Waals surface area contributed by atoms with Crippen molar-refractivity contribution in [1.29, 1.82) is 0 Å². The molecule has 1 aromatic heterocycles. The number of rotatable bonds is 2. The van der Waals surface area contributed by atoms with Gasteiger partial charge in [-0.05, 0) is 24.6 Å². The molecule has 4 rings (SSSR count). The van der Waals surface area contributed by atoms with E-state index in [1.165, 1.54) is 5.56 Å². The quantitative estimate of drug-likeness (QED) is 0.773. The molecule has 0 fully saturated rings. The maximum Gasteiger partial charge on any atom is 0.137 e. The highest BCUT2D eigenvalue weighted by Crippen LogP contribution is 2.41. The average molecular weight is 279 g/mol. The average Bonchev–Trinajstić information content (AvgIpc) is 3.11. The Morgan fingerprint density at radius 3 is 2.86 bits per heavy atom. The van der Waals surface area contributed by atoms with E-state index < -0.39 is 0 Å². The molecule has 2 N–H and O–H groups in total. The standard InChI is InChI=1S/C18H17NO2/c1-11-5-4-6-12-9-16(21-18(11)12)17(19)14-10-20-15-8-3-2-7-13(14)15/h2-9,14,17H,10,19H2,1H3. The Hall–Kier alpha value is -2.26. The lowest BCUT2D eigenvalue weighted by atomic mass is 9.92. The summed E-state index contributed by atoms with van der Waals surface area (Å²) in [7, 11) is 0. The maximum absolute atomic E-state index is 6.46. The minimum atomic E-state index is -0.194. The van der Waals surface area contributed by atoms with E-state index in [9.17, 15) is 0 Å². The Morgan fingerprint density at radius 2 is 2.00 bits per heavy atom. The Bertz CT molecular complexity index is 806. The van der Waals surface area contributed by atoms with E-state index in [0.29, 0.717) is 6.61 Å². The van der Waals surface area contributed by atoms with Crippen LogP contribution in [0.3, 0.4) is 0 Å². The van der Waals surface area contributed by atoms with Crippen LogP contribution in [0, 0.1) is 6.92 Å². The third-order valence-electron chi connectivity index (χ3n) is 4.26. The summed E-state index contributed by atoms with van der Waals surface area (Å²) in [6, 6.07) is 16.1. The van der Waals surface area contributed by atoms with Gasteiger partial charge in [-0.25, -0.2) is 0 Å².